The Morgan fingerprint density at radius 2 is 2.35 bits per heavy atom. The molecule has 4 aliphatic heterocycles. The van der Waals surface area contributed by atoms with Crippen molar-refractivity contribution in [3.63, 3.8) is 0 Å². The van der Waals surface area contributed by atoms with E-state index in [0.29, 0.717) is 6.67 Å². The number of carbonyl (C=O) groups excluding carboxylic acids is 1. The highest BCUT2D eigenvalue weighted by Gasteiger charge is 2.46. The summed E-state index contributed by atoms with van der Waals surface area (Å²) in [6.07, 6.45) is 3.15. The molecule has 0 bridgehead atoms. The second-order valence-corrected chi connectivity index (χ2v) is 7.08. The third-order valence-corrected chi connectivity index (χ3v) is 5.39. The smallest absolute Gasteiger partial charge is 0.230 e. The average Bonchev–Trinajstić information content (AvgIpc) is 3.17. The van der Waals surface area contributed by atoms with Crippen LogP contribution in [0.3, 0.4) is 0 Å². The molecule has 10 nitrogen and oxygen atoms in total. The fourth-order valence-corrected chi connectivity index (χ4v) is 4.07. The maximum atomic E-state index is 13.5. The molecule has 0 aliphatic carbocycles. The highest BCUT2D eigenvalue weighted by atomic mass is 19.1. The summed E-state index contributed by atoms with van der Waals surface area (Å²) < 4.78 is 13.5. The van der Waals surface area contributed by atoms with Crippen molar-refractivity contribution in [2.24, 2.45) is 16.6 Å². The van der Waals surface area contributed by atoms with Crippen molar-refractivity contribution in [2.75, 3.05) is 19.8 Å². The van der Waals surface area contributed by atoms with Gasteiger partial charge < -0.3 is 16.4 Å². The molecule has 6 atom stereocenters. The minimum Gasteiger partial charge on any atom is -0.372 e. The minimum absolute atomic E-state index is 0.0868. The number of nitrogens with zero attached hydrogens (tertiary/aromatic N) is 3. The number of hydrogen-bond donors (Lipinski definition) is 6. The summed E-state index contributed by atoms with van der Waals surface area (Å²) in [5.74, 6) is -1.02. The van der Waals surface area contributed by atoms with E-state index in [2.05, 4.69) is 43.7 Å². The lowest BCUT2D eigenvalue weighted by Gasteiger charge is -2.37. The van der Waals surface area contributed by atoms with Crippen molar-refractivity contribution in [2.45, 2.75) is 43.9 Å². The van der Waals surface area contributed by atoms with Gasteiger partial charge >= 0.3 is 0 Å². The zero-order valence-corrected chi connectivity index (χ0v) is 14.7. The molecule has 0 spiro atoms. The monoisotopic (exact) mass is 367 g/mol. The van der Waals surface area contributed by atoms with Crippen LogP contribution in [-0.2, 0) is 4.79 Å². The quantitative estimate of drug-likeness (QED) is 0.323. The number of hydrogen-bond acceptors (Lipinski definition) is 9. The number of nitrogens with one attached hydrogen (secondary N) is 5. The van der Waals surface area contributed by atoms with Crippen LogP contribution < -0.4 is 32.5 Å². The van der Waals surface area contributed by atoms with Gasteiger partial charge in [0.2, 0.25) is 5.91 Å². The second-order valence-electron chi connectivity index (χ2n) is 7.08. The molecular weight excluding hydrogens is 341 g/mol. The van der Waals surface area contributed by atoms with Gasteiger partial charge in [-0.25, -0.2) is 25.3 Å². The molecule has 4 aliphatic rings. The van der Waals surface area contributed by atoms with Crippen molar-refractivity contribution in [1.82, 2.24) is 36.8 Å². The number of carbonyl (C=O) groups is 1. The van der Waals surface area contributed by atoms with E-state index in [1.807, 2.05) is 0 Å². The molecule has 0 radical (unpaired) electrons. The van der Waals surface area contributed by atoms with Crippen LogP contribution in [-0.4, -0.2) is 72.5 Å². The third kappa shape index (κ3) is 3.21. The summed E-state index contributed by atoms with van der Waals surface area (Å²) in [6.45, 7) is 3.59. The first-order chi connectivity index (χ1) is 12.5. The van der Waals surface area contributed by atoms with E-state index in [0.717, 1.165) is 13.0 Å². The molecule has 4 heterocycles. The average molecular weight is 367 g/mol. The number of nitrogens with two attached hydrogens (primary N) is 1. The summed E-state index contributed by atoms with van der Waals surface area (Å²) in [5, 5.41) is 13.1. The first-order valence-electron chi connectivity index (χ1n) is 8.99. The van der Waals surface area contributed by atoms with Crippen LogP contribution >= 0.6 is 0 Å². The Labute approximate surface area is 151 Å². The number of halogens is 1. The molecule has 6 unspecified atom stereocenters. The summed E-state index contributed by atoms with van der Waals surface area (Å²) in [5.41, 5.74) is 12.4. The Bertz CT molecular complexity index is 614. The number of hydrazine groups is 2. The van der Waals surface area contributed by atoms with E-state index < -0.39 is 12.1 Å². The summed E-state index contributed by atoms with van der Waals surface area (Å²) >= 11 is 0. The molecule has 2 saturated heterocycles. The molecule has 2 fully saturated rings. The predicted octanol–water partition coefficient (Wildman–Crippen LogP) is -2.51. The number of rotatable bonds is 3. The first kappa shape index (κ1) is 17.8. The zero-order chi connectivity index (χ0) is 18.3. The lowest BCUT2D eigenvalue weighted by molar-refractivity contribution is -0.127. The van der Waals surface area contributed by atoms with E-state index >= 15 is 0 Å². The Balaban J connectivity index is 1.46. The molecule has 1 amide bonds. The van der Waals surface area contributed by atoms with Crippen LogP contribution in [0.25, 0.3) is 0 Å². The molecule has 26 heavy (non-hydrogen) atoms. The molecule has 11 heteroatoms. The number of aliphatic imine (C=N–C) groups is 1. The maximum absolute atomic E-state index is 13.5. The summed E-state index contributed by atoms with van der Waals surface area (Å²) in [4.78, 5) is 17.3. The van der Waals surface area contributed by atoms with Crippen LogP contribution in [0.5, 0.6) is 0 Å². The number of amides is 1. The largest absolute Gasteiger partial charge is 0.372 e. The van der Waals surface area contributed by atoms with E-state index in [9.17, 15) is 9.18 Å². The van der Waals surface area contributed by atoms with Gasteiger partial charge in [0.1, 0.15) is 17.9 Å². The van der Waals surface area contributed by atoms with Crippen molar-refractivity contribution in [3.05, 3.63) is 12.0 Å². The van der Waals surface area contributed by atoms with Crippen molar-refractivity contribution in [3.8, 4) is 0 Å². The summed E-state index contributed by atoms with van der Waals surface area (Å²) in [7, 11) is 0. The van der Waals surface area contributed by atoms with Gasteiger partial charge in [0.05, 0.1) is 37.6 Å². The molecular formula is C15H26FN9O. The molecule has 0 aromatic heterocycles. The molecule has 0 saturated carbocycles. The maximum Gasteiger partial charge on any atom is 0.230 e. The van der Waals surface area contributed by atoms with Crippen LogP contribution in [0.2, 0.25) is 0 Å². The van der Waals surface area contributed by atoms with Gasteiger partial charge in [-0.2, -0.15) is 0 Å². The van der Waals surface area contributed by atoms with Crippen molar-refractivity contribution >= 4 is 12.1 Å². The zero-order valence-electron chi connectivity index (χ0n) is 14.7. The van der Waals surface area contributed by atoms with Gasteiger partial charge in [-0.3, -0.25) is 15.1 Å². The SMILES string of the molecule is CC1NCNN1C1CCN=CC1NC(=O)C1C(N)NN2CC(F)=CNC12. The van der Waals surface area contributed by atoms with E-state index in [-0.39, 0.29) is 42.7 Å². The van der Waals surface area contributed by atoms with Gasteiger partial charge in [0.15, 0.2) is 0 Å². The van der Waals surface area contributed by atoms with Gasteiger partial charge in [-0.05, 0) is 13.3 Å². The molecule has 7 N–H and O–H groups in total. The van der Waals surface area contributed by atoms with Crippen LogP contribution in [0, 0.1) is 5.92 Å². The van der Waals surface area contributed by atoms with Crippen LogP contribution in [0.15, 0.2) is 17.0 Å². The lowest BCUT2D eigenvalue weighted by Crippen LogP contribution is -2.61. The Morgan fingerprint density at radius 3 is 3.12 bits per heavy atom. The molecule has 144 valence electrons. The van der Waals surface area contributed by atoms with Gasteiger partial charge in [-0.1, -0.05) is 0 Å². The third-order valence-electron chi connectivity index (χ3n) is 5.39. The first-order valence-corrected chi connectivity index (χ1v) is 8.99. The van der Waals surface area contributed by atoms with Crippen molar-refractivity contribution in [1.29, 1.82) is 0 Å². The van der Waals surface area contributed by atoms with E-state index in [1.165, 1.54) is 6.20 Å². The molecule has 0 aromatic carbocycles. The molecule has 4 rings (SSSR count). The van der Waals surface area contributed by atoms with Crippen LogP contribution in [0.1, 0.15) is 13.3 Å². The normalized spacial score (nSPS) is 40.8. The van der Waals surface area contributed by atoms with Crippen molar-refractivity contribution < 1.29 is 9.18 Å². The Hall–Kier alpha value is -1.63. The fraction of sp³-hybridized carbons (Fsp3) is 0.733. The Morgan fingerprint density at radius 1 is 1.50 bits per heavy atom. The number of fused-ring (bicyclic) bond motifs is 1. The van der Waals surface area contributed by atoms with E-state index in [1.54, 1.807) is 11.2 Å². The standard InChI is InChI=1S/C15H26FN9O/c1-8-20-7-21-25(8)11-2-3-18-5-10(11)22-15(26)12-13(17)23-24-6-9(16)4-19-14(12)24/h4-5,8,10-14,19-21,23H,2-3,6-7,17H2,1H3,(H,22,26). The minimum atomic E-state index is -0.587. The summed E-state index contributed by atoms with van der Waals surface area (Å²) in [6, 6.07) is -0.122. The van der Waals surface area contributed by atoms with Crippen LogP contribution in [0.4, 0.5) is 4.39 Å². The molecule has 0 aromatic rings. The van der Waals surface area contributed by atoms with Gasteiger partial charge in [0, 0.05) is 19.0 Å². The fourth-order valence-electron chi connectivity index (χ4n) is 4.07. The van der Waals surface area contributed by atoms with E-state index in [4.69, 9.17) is 5.73 Å². The Kier molecular flexibility index (Phi) is 4.90. The van der Waals surface area contributed by atoms with Gasteiger partial charge in [-0.15, -0.1) is 0 Å². The lowest BCUT2D eigenvalue weighted by atomic mass is 9.98. The second kappa shape index (κ2) is 7.18. The highest BCUT2D eigenvalue weighted by molar-refractivity contribution is 5.84. The predicted molar refractivity (Wildman–Crippen MR) is 93.6 cm³/mol. The highest BCUT2D eigenvalue weighted by Crippen LogP contribution is 2.23. The topological polar surface area (TPSA) is 122 Å². The van der Waals surface area contributed by atoms with Gasteiger partial charge in [0.25, 0.3) is 0 Å².